The first-order valence-corrected chi connectivity index (χ1v) is 9.85. The second kappa shape index (κ2) is 9.57. The molecule has 1 aromatic heterocycles. The number of nitrogens with zero attached hydrogens (tertiary/aromatic N) is 1. The number of thiophene rings is 1. The van der Waals surface area contributed by atoms with Gasteiger partial charge in [-0.1, -0.05) is 30.3 Å². The van der Waals surface area contributed by atoms with Crippen LogP contribution in [0.4, 0.5) is 9.80 Å². The molecule has 0 radical (unpaired) electrons. The number of alkyl carbamates (subject to hydrolysis) is 1. The molecule has 1 N–H and O–H groups in total. The molecule has 0 spiro atoms. The van der Waals surface area contributed by atoms with Crippen molar-refractivity contribution in [2.45, 2.75) is 25.2 Å². The number of ether oxygens (including phenoxy) is 3. The fourth-order valence-electron chi connectivity index (χ4n) is 3.14. The van der Waals surface area contributed by atoms with Crippen molar-refractivity contribution in [2.75, 3.05) is 32.2 Å². The van der Waals surface area contributed by atoms with E-state index in [9.17, 15) is 9.59 Å². The van der Waals surface area contributed by atoms with Crippen LogP contribution < -0.4 is 10.2 Å². The van der Waals surface area contributed by atoms with Gasteiger partial charge in [0.25, 0.3) is 0 Å². The van der Waals surface area contributed by atoms with Crippen LogP contribution >= 0.6 is 11.3 Å². The Morgan fingerprint density at radius 3 is 2.68 bits per heavy atom. The molecule has 2 heterocycles. The Morgan fingerprint density at radius 2 is 1.96 bits per heavy atom. The minimum absolute atomic E-state index is 0.135. The predicted octanol–water partition coefficient (Wildman–Crippen LogP) is 3.05. The summed E-state index contributed by atoms with van der Waals surface area (Å²) >= 11 is 1.39. The number of rotatable bonds is 6. The van der Waals surface area contributed by atoms with Crippen LogP contribution in [0.3, 0.4) is 0 Å². The van der Waals surface area contributed by atoms with Gasteiger partial charge in [-0.05, 0) is 24.1 Å². The molecule has 2 atom stereocenters. The van der Waals surface area contributed by atoms with E-state index in [0.717, 1.165) is 17.1 Å². The van der Waals surface area contributed by atoms with Crippen molar-refractivity contribution in [3.05, 3.63) is 52.9 Å². The van der Waals surface area contributed by atoms with E-state index in [-0.39, 0.29) is 24.7 Å². The molecule has 1 aliphatic rings. The molecule has 28 heavy (non-hydrogen) atoms. The number of methoxy groups -OCH3 is 2. The fraction of sp³-hybridized carbons (Fsp3) is 0.400. The van der Waals surface area contributed by atoms with Gasteiger partial charge in [0.1, 0.15) is 11.5 Å². The zero-order valence-corrected chi connectivity index (χ0v) is 16.7. The first-order chi connectivity index (χ1) is 13.6. The minimum atomic E-state index is -0.451. The van der Waals surface area contributed by atoms with Gasteiger partial charge in [0, 0.05) is 20.2 Å². The molecular formula is C20H24N2O5S. The van der Waals surface area contributed by atoms with Crippen LogP contribution in [0.25, 0.3) is 0 Å². The summed E-state index contributed by atoms with van der Waals surface area (Å²) in [7, 11) is 3.00. The minimum Gasteiger partial charge on any atom is -0.465 e. The fourth-order valence-corrected chi connectivity index (χ4v) is 4.10. The third-order valence-electron chi connectivity index (χ3n) is 4.67. The molecule has 2 aromatic rings. The lowest BCUT2D eigenvalue weighted by Crippen LogP contribution is -2.54. The van der Waals surface area contributed by atoms with E-state index in [1.165, 1.54) is 18.4 Å². The standard InChI is InChI=1S/C20H24N2O5S/c1-25-16-12-22(18-9-8-17(28-18)19(23)26-2)11-10-15(16)21-20(24)27-13-14-6-4-3-5-7-14/h3-9,15-16H,10-13H2,1-2H3,(H,21,24)/t15-,16+/m0/s1. The van der Waals surface area contributed by atoms with Crippen LogP contribution in [0.1, 0.15) is 21.7 Å². The SMILES string of the molecule is COC(=O)c1ccc(N2CC[C@H](NC(=O)OCc3ccccc3)[C@H](OC)C2)s1. The van der Waals surface area contributed by atoms with Gasteiger partial charge in [-0.2, -0.15) is 0 Å². The van der Waals surface area contributed by atoms with Gasteiger partial charge >= 0.3 is 12.1 Å². The number of nitrogens with one attached hydrogen (secondary N) is 1. The average Bonchev–Trinajstić information content (AvgIpc) is 3.23. The molecule has 150 valence electrons. The topological polar surface area (TPSA) is 77.1 Å². The van der Waals surface area contributed by atoms with E-state index in [1.54, 1.807) is 13.2 Å². The lowest BCUT2D eigenvalue weighted by molar-refractivity contribution is 0.0547. The Hall–Kier alpha value is -2.58. The van der Waals surface area contributed by atoms with E-state index < -0.39 is 6.09 Å². The maximum absolute atomic E-state index is 12.2. The maximum atomic E-state index is 12.2. The molecule has 1 aromatic carbocycles. The third-order valence-corrected chi connectivity index (χ3v) is 5.79. The van der Waals surface area contributed by atoms with Crippen molar-refractivity contribution < 1.29 is 23.8 Å². The van der Waals surface area contributed by atoms with Gasteiger partial charge in [-0.15, -0.1) is 11.3 Å². The third kappa shape index (κ3) is 5.02. The highest BCUT2D eigenvalue weighted by Crippen LogP contribution is 2.29. The highest BCUT2D eigenvalue weighted by atomic mass is 32.1. The van der Waals surface area contributed by atoms with Crippen LogP contribution in [0.2, 0.25) is 0 Å². The number of carbonyl (C=O) groups excluding carboxylic acids is 2. The highest BCUT2D eigenvalue weighted by molar-refractivity contribution is 7.17. The Morgan fingerprint density at radius 1 is 1.18 bits per heavy atom. The smallest absolute Gasteiger partial charge is 0.407 e. The van der Waals surface area contributed by atoms with Gasteiger partial charge in [-0.3, -0.25) is 0 Å². The quantitative estimate of drug-likeness (QED) is 0.746. The second-order valence-corrected chi connectivity index (χ2v) is 7.51. The molecule has 1 amide bonds. The van der Waals surface area contributed by atoms with Gasteiger partial charge < -0.3 is 24.4 Å². The zero-order chi connectivity index (χ0) is 19.9. The predicted molar refractivity (Wildman–Crippen MR) is 107 cm³/mol. The number of anilines is 1. The van der Waals surface area contributed by atoms with Crippen molar-refractivity contribution in [2.24, 2.45) is 0 Å². The van der Waals surface area contributed by atoms with Crippen molar-refractivity contribution in [1.29, 1.82) is 0 Å². The molecule has 0 aliphatic carbocycles. The van der Waals surface area contributed by atoms with Gasteiger partial charge in [-0.25, -0.2) is 9.59 Å². The lowest BCUT2D eigenvalue weighted by Gasteiger charge is -2.38. The summed E-state index contributed by atoms with van der Waals surface area (Å²) in [4.78, 5) is 26.5. The van der Waals surface area contributed by atoms with Crippen molar-refractivity contribution in [3.8, 4) is 0 Å². The average molecular weight is 404 g/mol. The van der Waals surface area contributed by atoms with Crippen LogP contribution in [-0.2, 0) is 20.8 Å². The molecule has 3 rings (SSSR count). The number of hydrogen-bond acceptors (Lipinski definition) is 7. The molecule has 8 heteroatoms. The molecule has 0 bridgehead atoms. The summed E-state index contributed by atoms with van der Waals surface area (Å²) < 4.78 is 15.7. The second-order valence-electron chi connectivity index (χ2n) is 6.45. The largest absolute Gasteiger partial charge is 0.465 e. The number of hydrogen-bond donors (Lipinski definition) is 1. The van der Waals surface area contributed by atoms with Crippen molar-refractivity contribution in [1.82, 2.24) is 5.32 Å². The van der Waals surface area contributed by atoms with Crippen LogP contribution in [-0.4, -0.2) is 51.5 Å². The van der Waals surface area contributed by atoms with E-state index in [2.05, 4.69) is 10.2 Å². The number of piperidine rings is 1. The van der Waals surface area contributed by atoms with E-state index in [4.69, 9.17) is 14.2 Å². The Labute approximate surface area is 168 Å². The molecule has 0 unspecified atom stereocenters. The molecule has 1 fully saturated rings. The summed E-state index contributed by atoms with van der Waals surface area (Å²) in [6, 6.07) is 13.1. The Kier molecular flexibility index (Phi) is 6.89. The van der Waals surface area contributed by atoms with Gasteiger partial charge in [0.05, 0.1) is 24.3 Å². The summed E-state index contributed by atoms with van der Waals surface area (Å²) in [5.74, 6) is -0.336. The summed E-state index contributed by atoms with van der Waals surface area (Å²) in [6.07, 6.45) is 0.0832. The van der Waals surface area contributed by atoms with E-state index in [1.807, 2.05) is 36.4 Å². The number of esters is 1. The van der Waals surface area contributed by atoms with Crippen LogP contribution in [0.5, 0.6) is 0 Å². The highest BCUT2D eigenvalue weighted by Gasteiger charge is 2.31. The number of benzene rings is 1. The monoisotopic (exact) mass is 404 g/mol. The van der Waals surface area contributed by atoms with Crippen molar-refractivity contribution >= 4 is 28.4 Å². The Bertz CT molecular complexity index is 795. The van der Waals surface area contributed by atoms with E-state index >= 15 is 0 Å². The summed E-state index contributed by atoms with van der Waals surface area (Å²) in [5, 5.41) is 3.89. The Balaban J connectivity index is 1.53. The van der Waals surface area contributed by atoms with Gasteiger partial charge in [0.2, 0.25) is 0 Å². The molecule has 1 aliphatic heterocycles. The molecule has 0 saturated carbocycles. The molecule has 7 nitrogen and oxygen atoms in total. The maximum Gasteiger partial charge on any atom is 0.407 e. The number of amides is 1. The zero-order valence-electron chi connectivity index (χ0n) is 15.9. The normalized spacial score (nSPS) is 19.1. The summed E-state index contributed by atoms with van der Waals surface area (Å²) in [6.45, 7) is 1.58. The first kappa shape index (κ1) is 20.2. The van der Waals surface area contributed by atoms with Crippen molar-refractivity contribution in [3.63, 3.8) is 0 Å². The molecular weight excluding hydrogens is 380 g/mol. The molecule has 1 saturated heterocycles. The van der Waals surface area contributed by atoms with Gasteiger partial charge in [0.15, 0.2) is 0 Å². The van der Waals surface area contributed by atoms with E-state index in [0.29, 0.717) is 17.8 Å². The first-order valence-electron chi connectivity index (χ1n) is 9.04. The lowest BCUT2D eigenvalue weighted by atomic mass is 10.0. The number of carbonyl (C=O) groups is 2. The van der Waals surface area contributed by atoms with Crippen LogP contribution in [0.15, 0.2) is 42.5 Å². The summed E-state index contributed by atoms with van der Waals surface area (Å²) in [5.41, 5.74) is 0.940. The van der Waals surface area contributed by atoms with Crippen LogP contribution in [0, 0.1) is 0 Å².